The number of furan rings is 1. The van der Waals surface area contributed by atoms with E-state index in [1.807, 2.05) is 13.8 Å². The summed E-state index contributed by atoms with van der Waals surface area (Å²) < 4.78 is 43.5. The van der Waals surface area contributed by atoms with E-state index in [1.54, 1.807) is 20.8 Å². The molecule has 0 unspecified atom stereocenters. The van der Waals surface area contributed by atoms with Gasteiger partial charge in [0, 0.05) is 11.5 Å². The van der Waals surface area contributed by atoms with E-state index in [-0.39, 0.29) is 11.5 Å². The molecule has 0 saturated heterocycles. The molecule has 16 heavy (non-hydrogen) atoms. The van der Waals surface area contributed by atoms with Crippen LogP contribution in [-0.4, -0.2) is 0 Å². The summed E-state index contributed by atoms with van der Waals surface area (Å²) in [4.78, 5) is 0. The molecule has 1 nitrogen and oxygen atoms in total. The minimum absolute atomic E-state index is 0.0506. The molecule has 0 aliphatic heterocycles. The summed E-state index contributed by atoms with van der Waals surface area (Å²) in [5.74, 6) is 0.380. The predicted octanol–water partition coefficient (Wildman–Crippen LogP) is 4.72. The first-order chi connectivity index (χ1) is 7.05. The Morgan fingerprint density at radius 2 is 1.62 bits per heavy atom. The molecule has 0 bridgehead atoms. The van der Waals surface area contributed by atoms with Crippen LogP contribution in [0, 0.1) is 0 Å². The third-order valence-electron chi connectivity index (χ3n) is 2.40. The fraction of sp³-hybridized carbons (Fsp3) is 0.667. The average molecular weight is 234 g/mol. The minimum atomic E-state index is -4.35. The van der Waals surface area contributed by atoms with Crippen molar-refractivity contribution in [1.29, 1.82) is 0 Å². The van der Waals surface area contributed by atoms with E-state index in [0.717, 1.165) is 6.26 Å². The zero-order chi connectivity index (χ0) is 12.7. The second-order valence-corrected chi connectivity index (χ2v) is 5.29. The van der Waals surface area contributed by atoms with E-state index in [9.17, 15) is 13.2 Å². The standard InChI is InChI=1S/C12H17F3O/c1-7(2)10-9(11(3,4)5)8(6-16-10)12(13,14)15/h6-7H,1-5H3. The van der Waals surface area contributed by atoms with Crippen LogP contribution >= 0.6 is 0 Å². The second kappa shape index (κ2) is 3.82. The molecule has 0 fully saturated rings. The summed E-state index contributed by atoms with van der Waals surface area (Å²) in [6.07, 6.45) is -3.52. The van der Waals surface area contributed by atoms with Crippen LogP contribution in [-0.2, 0) is 11.6 Å². The Bertz CT molecular complexity index is 367. The predicted molar refractivity (Wildman–Crippen MR) is 56.5 cm³/mol. The van der Waals surface area contributed by atoms with E-state index in [0.29, 0.717) is 5.76 Å². The average Bonchev–Trinajstić information content (AvgIpc) is 2.43. The molecule has 1 heterocycles. The van der Waals surface area contributed by atoms with Gasteiger partial charge in [0.1, 0.15) is 12.0 Å². The van der Waals surface area contributed by atoms with E-state index in [2.05, 4.69) is 0 Å². The molecule has 1 aromatic rings. The van der Waals surface area contributed by atoms with Gasteiger partial charge in [-0.15, -0.1) is 0 Å². The molecule has 0 atom stereocenters. The Labute approximate surface area is 93.6 Å². The highest BCUT2D eigenvalue weighted by atomic mass is 19.4. The number of rotatable bonds is 1. The van der Waals surface area contributed by atoms with Gasteiger partial charge >= 0.3 is 6.18 Å². The van der Waals surface area contributed by atoms with Gasteiger partial charge in [0.25, 0.3) is 0 Å². The Balaban J connectivity index is 3.44. The lowest BCUT2D eigenvalue weighted by atomic mass is 9.82. The second-order valence-electron chi connectivity index (χ2n) is 5.29. The van der Waals surface area contributed by atoms with Crippen molar-refractivity contribution in [2.24, 2.45) is 0 Å². The number of hydrogen-bond acceptors (Lipinski definition) is 1. The first kappa shape index (κ1) is 13.1. The number of alkyl halides is 3. The largest absolute Gasteiger partial charge is 0.468 e. The van der Waals surface area contributed by atoms with Gasteiger partial charge in [0.15, 0.2) is 0 Å². The summed E-state index contributed by atoms with van der Waals surface area (Å²) >= 11 is 0. The molecule has 0 saturated carbocycles. The van der Waals surface area contributed by atoms with E-state index >= 15 is 0 Å². The van der Waals surface area contributed by atoms with Crippen LogP contribution in [0.25, 0.3) is 0 Å². The highest BCUT2D eigenvalue weighted by Crippen LogP contribution is 2.42. The molecule has 0 spiro atoms. The van der Waals surface area contributed by atoms with Gasteiger partial charge < -0.3 is 4.42 Å². The molecule has 0 aliphatic rings. The smallest absolute Gasteiger partial charge is 0.419 e. The summed E-state index contributed by atoms with van der Waals surface area (Å²) in [6, 6.07) is 0. The summed E-state index contributed by atoms with van der Waals surface area (Å²) in [7, 11) is 0. The monoisotopic (exact) mass is 234 g/mol. The Morgan fingerprint density at radius 3 is 1.94 bits per heavy atom. The van der Waals surface area contributed by atoms with Crippen LogP contribution in [0.1, 0.15) is 57.4 Å². The Morgan fingerprint density at radius 1 is 1.12 bits per heavy atom. The maximum absolute atomic E-state index is 12.8. The van der Waals surface area contributed by atoms with Gasteiger partial charge in [-0.25, -0.2) is 0 Å². The zero-order valence-electron chi connectivity index (χ0n) is 10.2. The summed E-state index contributed by atoms with van der Waals surface area (Å²) in [5.41, 5.74) is -0.948. The van der Waals surface area contributed by atoms with Crippen molar-refractivity contribution in [2.75, 3.05) is 0 Å². The molecule has 0 radical (unpaired) electrons. The SMILES string of the molecule is CC(C)c1occ(C(F)(F)F)c1C(C)(C)C. The fourth-order valence-electron chi connectivity index (χ4n) is 1.78. The van der Waals surface area contributed by atoms with Gasteiger partial charge in [-0.3, -0.25) is 0 Å². The van der Waals surface area contributed by atoms with Crippen molar-refractivity contribution >= 4 is 0 Å². The number of hydrogen-bond donors (Lipinski definition) is 0. The topological polar surface area (TPSA) is 13.1 Å². The highest BCUT2D eigenvalue weighted by molar-refractivity contribution is 5.37. The molecular weight excluding hydrogens is 217 g/mol. The van der Waals surface area contributed by atoms with Crippen LogP contribution < -0.4 is 0 Å². The number of halogens is 3. The van der Waals surface area contributed by atoms with Gasteiger partial charge in [-0.2, -0.15) is 13.2 Å². The van der Waals surface area contributed by atoms with Crippen LogP contribution in [0.5, 0.6) is 0 Å². The zero-order valence-corrected chi connectivity index (χ0v) is 10.2. The third-order valence-corrected chi connectivity index (χ3v) is 2.40. The van der Waals surface area contributed by atoms with Crippen LogP contribution in [0.4, 0.5) is 13.2 Å². The molecule has 0 aliphatic carbocycles. The first-order valence-electron chi connectivity index (χ1n) is 5.24. The van der Waals surface area contributed by atoms with Crippen molar-refractivity contribution in [2.45, 2.75) is 52.1 Å². The molecule has 92 valence electrons. The molecule has 1 rings (SSSR count). The Hall–Kier alpha value is -0.930. The highest BCUT2D eigenvalue weighted by Gasteiger charge is 2.40. The van der Waals surface area contributed by atoms with Gasteiger partial charge in [-0.05, 0) is 5.41 Å². The molecular formula is C12H17F3O. The van der Waals surface area contributed by atoms with Crippen molar-refractivity contribution in [3.05, 3.63) is 23.2 Å². The van der Waals surface area contributed by atoms with Crippen molar-refractivity contribution in [1.82, 2.24) is 0 Å². The minimum Gasteiger partial charge on any atom is -0.468 e. The molecule has 0 N–H and O–H groups in total. The fourth-order valence-corrected chi connectivity index (χ4v) is 1.78. The summed E-state index contributed by atoms with van der Waals surface area (Å²) in [6.45, 7) is 8.94. The van der Waals surface area contributed by atoms with Crippen molar-refractivity contribution < 1.29 is 17.6 Å². The molecule has 4 heteroatoms. The normalized spacial score (nSPS) is 13.6. The maximum Gasteiger partial charge on any atom is 0.419 e. The van der Waals surface area contributed by atoms with E-state index < -0.39 is 17.2 Å². The van der Waals surface area contributed by atoms with E-state index in [4.69, 9.17) is 4.42 Å². The van der Waals surface area contributed by atoms with Crippen LogP contribution in [0.3, 0.4) is 0 Å². The van der Waals surface area contributed by atoms with Gasteiger partial charge in [0.2, 0.25) is 0 Å². The first-order valence-corrected chi connectivity index (χ1v) is 5.24. The lowest BCUT2D eigenvalue weighted by Crippen LogP contribution is -2.19. The molecule has 0 aromatic carbocycles. The van der Waals surface area contributed by atoms with Crippen molar-refractivity contribution in [3.8, 4) is 0 Å². The molecule has 0 amide bonds. The van der Waals surface area contributed by atoms with Gasteiger partial charge in [-0.1, -0.05) is 34.6 Å². The lowest BCUT2D eigenvalue weighted by molar-refractivity contribution is -0.138. The van der Waals surface area contributed by atoms with Crippen molar-refractivity contribution in [3.63, 3.8) is 0 Å². The lowest BCUT2D eigenvalue weighted by Gasteiger charge is -2.22. The Kier molecular flexibility index (Phi) is 3.14. The van der Waals surface area contributed by atoms with Gasteiger partial charge in [0.05, 0.1) is 5.56 Å². The van der Waals surface area contributed by atoms with Crippen LogP contribution in [0.2, 0.25) is 0 Å². The summed E-state index contributed by atoms with van der Waals surface area (Å²) in [5, 5.41) is 0. The maximum atomic E-state index is 12.8. The quantitative estimate of drug-likeness (QED) is 0.685. The van der Waals surface area contributed by atoms with E-state index in [1.165, 1.54) is 0 Å². The molecule has 1 aromatic heterocycles. The van der Waals surface area contributed by atoms with Crippen LogP contribution in [0.15, 0.2) is 10.7 Å². The third kappa shape index (κ3) is 2.42.